The minimum Gasteiger partial charge on any atom is -0.459 e. The second-order valence-electron chi connectivity index (χ2n) is 11.4. The average Bonchev–Trinajstić information content (AvgIpc) is 3.57. The maximum atomic E-state index is 14.2. The molecular weight excluding hydrogens is 649 g/mol. The van der Waals surface area contributed by atoms with Gasteiger partial charge in [-0.2, -0.15) is 0 Å². The first-order chi connectivity index (χ1) is 23.9. The van der Waals surface area contributed by atoms with Gasteiger partial charge in [0.1, 0.15) is 25.4 Å². The Morgan fingerprint density at radius 3 is 1.71 bits per heavy atom. The summed E-state index contributed by atoms with van der Waals surface area (Å²) in [4.78, 5) is 27.9. The zero-order valence-electron chi connectivity index (χ0n) is 27.0. The van der Waals surface area contributed by atoms with Crippen LogP contribution in [-0.4, -0.2) is 60.1 Å². The molecule has 1 amide bonds. The van der Waals surface area contributed by atoms with Crippen molar-refractivity contribution in [1.82, 2.24) is 4.90 Å². The van der Waals surface area contributed by atoms with Gasteiger partial charge in [-0.25, -0.2) is 14.2 Å². The minimum atomic E-state index is -4.36. The zero-order valence-corrected chi connectivity index (χ0v) is 27.8. The lowest BCUT2D eigenvalue weighted by atomic mass is 10.2. The Morgan fingerprint density at radius 2 is 1.18 bits per heavy atom. The lowest BCUT2D eigenvalue weighted by Crippen LogP contribution is -2.41. The van der Waals surface area contributed by atoms with Crippen LogP contribution < -0.4 is 0 Å². The Kier molecular flexibility index (Phi) is 13.5. The molecule has 5 rings (SSSR count). The lowest BCUT2D eigenvalue weighted by Gasteiger charge is -2.24. The number of phosphoric ester groups is 1. The molecule has 49 heavy (non-hydrogen) atoms. The van der Waals surface area contributed by atoms with E-state index in [1.165, 1.54) is 4.90 Å². The number of phosphoric acid groups is 1. The molecule has 1 unspecified atom stereocenters. The fraction of sp³-hybridized carbons (Fsp3) is 0.297. The molecule has 0 aromatic heterocycles. The molecule has 4 aromatic carbocycles. The number of nitrogens with zero attached hydrogens (tertiary/aromatic N) is 1. The molecule has 0 spiro atoms. The minimum absolute atomic E-state index is 0.00191. The van der Waals surface area contributed by atoms with Gasteiger partial charge in [-0.1, -0.05) is 121 Å². The second kappa shape index (κ2) is 18.4. The molecule has 0 radical (unpaired) electrons. The summed E-state index contributed by atoms with van der Waals surface area (Å²) in [5.41, 5.74) is 3.15. The Morgan fingerprint density at radius 1 is 0.694 bits per heavy atom. The van der Waals surface area contributed by atoms with Crippen LogP contribution in [0.4, 0.5) is 4.79 Å². The van der Waals surface area contributed by atoms with E-state index in [-0.39, 0.29) is 46.0 Å². The summed E-state index contributed by atoms with van der Waals surface area (Å²) < 4.78 is 48.5. The number of rotatable bonds is 17. The maximum Gasteiger partial charge on any atom is 0.475 e. The molecule has 4 aromatic rings. The van der Waals surface area contributed by atoms with E-state index in [1.807, 2.05) is 109 Å². The predicted molar refractivity (Wildman–Crippen MR) is 180 cm³/mol. The molecule has 1 aliphatic rings. The van der Waals surface area contributed by atoms with Gasteiger partial charge in [0.25, 0.3) is 0 Å². The summed E-state index contributed by atoms with van der Waals surface area (Å²) in [7, 11) is -4.36. The third kappa shape index (κ3) is 11.4. The number of esters is 1. The molecule has 1 fully saturated rings. The predicted octanol–water partition coefficient (Wildman–Crippen LogP) is 6.45. The van der Waals surface area contributed by atoms with Crippen LogP contribution in [0.1, 0.15) is 28.7 Å². The van der Waals surface area contributed by atoms with Gasteiger partial charge in [-0.15, -0.1) is 0 Å². The van der Waals surface area contributed by atoms with Crippen LogP contribution in [0.25, 0.3) is 0 Å². The molecule has 1 N–H and O–H groups in total. The SMILES string of the molecule is O=C(OCc1ccccc1)[C@H]1C[C@@H](OP(=O)(OCc2ccccc2)OC[C@@H](CO)OCc2ccccc2)CN1C(=O)OCc1ccccc1. The highest BCUT2D eigenvalue weighted by molar-refractivity contribution is 7.48. The van der Waals surface area contributed by atoms with Crippen LogP contribution in [0.15, 0.2) is 121 Å². The van der Waals surface area contributed by atoms with E-state index in [4.69, 9.17) is 27.8 Å². The monoisotopic (exact) mass is 689 g/mol. The third-order valence-corrected chi connectivity index (χ3v) is 9.13. The zero-order chi connectivity index (χ0) is 34.3. The Hall–Kier alpha value is -4.35. The van der Waals surface area contributed by atoms with Crippen molar-refractivity contribution in [2.24, 2.45) is 0 Å². The van der Waals surface area contributed by atoms with Gasteiger partial charge in [-0.05, 0) is 22.3 Å². The highest BCUT2D eigenvalue weighted by Gasteiger charge is 2.45. The van der Waals surface area contributed by atoms with E-state index in [0.29, 0.717) is 5.56 Å². The smallest absolute Gasteiger partial charge is 0.459 e. The summed E-state index contributed by atoms with van der Waals surface area (Å²) in [6.45, 7) is -0.790. The molecular formula is C37H40NO10P. The number of benzene rings is 4. The molecule has 0 bridgehead atoms. The van der Waals surface area contributed by atoms with E-state index < -0.39 is 44.7 Å². The summed E-state index contributed by atoms with van der Waals surface area (Å²) in [5.74, 6) is -0.665. The summed E-state index contributed by atoms with van der Waals surface area (Å²) in [5, 5.41) is 9.96. The summed E-state index contributed by atoms with van der Waals surface area (Å²) in [6.07, 6.45) is -2.60. The van der Waals surface area contributed by atoms with Crippen LogP contribution in [-0.2, 0) is 63.6 Å². The maximum absolute atomic E-state index is 14.2. The first kappa shape index (κ1) is 35.9. The standard InChI is InChI=1S/C37H40NO10P/c39-23-34(43-24-29-13-5-1-6-14-29)28-47-49(42,46-27-32-19-11-4-12-20-32)48-33-21-35(36(40)44-25-30-15-7-2-8-16-30)38(22-33)37(41)45-26-31-17-9-3-10-18-31/h1-20,33-35,39H,21-28H2/t33-,34-,35-,49?/m1/s1. The largest absolute Gasteiger partial charge is 0.475 e. The summed E-state index contributed by atoms with van der Waals surface area (Å²) >= 11 is 0. The molecule has 11 nitrogen and oxygen atoms in total. The topological polar surface area (TPSA) is 130 Å². The third-order valence-electron chi connectivity index (χ3n) is 7.66. The van der Waals surface area contributed by atoms with Crippen LogP contribution in [0.5, 0.6) is 0 Å². The van der Waals surface area contributed by atoms with Crippen molar-refractivity contribution in [3.8, 4) is 0 Å². The molecule has 1 aliphatic heterocycles. The van der Waals surface area contributed by atoms with E-state index in [1.54, 1.807) is 12.1 Å². The van der Waals surface area contributed by atoms with E-state index in [2.05, 4.69) is 0 Å². The number of aliphatic hydroxyl groups excluding tert-OH is 1. The van der Waals surface area contributed by atoms with Gasteiger partial charge in [0.2, 0.25) is 0 Å². The Balaban J connectivity index is 1.28. The number of hydrogen-bond acceptors (Lipinski definition) is 10. The van der Waals surface area contributed by atoms with Crippen molar-refractivity contribution in [3.05, 3.63) is 144 Å². The first-order valence-electron chi connectivity index (χ1n) is 16.0. The van der Waals surface area contributed by atoms with E-state index in [9.17, 15) is 19.3 Å². The quantitative estimate of drug-likeness (QED) is 0.0976. The first-order valence-corrected chi connectivity index (χ1v) is 17.4. The lowest BCUT2D eigenvalue weighted by molar-refractivity contribution is -0.149. The van der Waals surface area contributed by atoms with E-state index in [0.717, 1.165) is 16.7 Å². The van der Waals surface area contributed by atoms with Crippen molar-refractivity contribution < 1.29 is 47.0 Å². The van der Waals surface area contributed by atoms with Crippen molar-refractivity contribution >= 4 is 19.9 Å². The van der Waals surface area contributed by atoms with Crippen LogP contribution in [0.3, 0.4) is 0 Å². The van der Waals surface area contributed by atoms with Gasteiger partial charge in [0, 0.05) is 6.42 Å². The number of amides is 1. The second-order valence-corrected chi connectivity index (χ2v) is 13.0. The molecule has 4 atom stereocenters. The van der Waals surface area contributed by atoms with Gasteiger partial charge in [0.15, 0.2) is 0 Å². The number of hydrogen-bond donors (Lipinski definition) is 1. The molecule has 0 aliphatic carbocycles. The van der Waals surface area contributed by atoms with Gasteiger partial charge in [-0.3, -0.25) is 18.5 Å². The fourth-order valence-corrected chi connectivity index (χ4v) is 6.42. The number of likely N-dealkylation sites (tertiary alicyclic amines) is 1. The molecule has 1 saturated heterocycles. The van der Waals surface area contributed by atoms with Crippen molar-refractivity contribution in [2.45, 2.75) is 51.1 Å². The molecule has 1 heterocycles. The van der Waals surface area contributed by atoms with Crippen LogP contribution in [0.2, 0.25) is 0 Å². The normalized spacial score (nSPS) is 17.6. The number of carbonyl (C=O) groups is 2. The summed E-state index contributed by atoms with van der Waals surface area (Å²) in [6, 6.07) is 35.6. The van der Waals surface area contributed by atoms with Gasteiger partial charge in [0.05, 0.1) is 39.1 Å². The Bertz CT molecular complexity index is 1570. The molecule has 12 heteroatoms. The van der Waals surface area contributed by atoms with Crippen molar-refractivity contribution in [2.75, 3.05) is 19.8 Å². The fourth-order valence-electron chi connectivity index (χ4n) is 5.05. The van der Waals surface area contributed by atoms with Crippen LogP contribution in [0, 0.1) is 0 Å². The van der Waals surface area contributed by atoms with Crippen molar-refractivity contribution in [1.29, 1.82) is 0 Å². The highest BCUT2D eigenvalue weighted by atomic mass is 31.2. The molecule has 0 saturated carbocycles. The Labute approximate surface area is 285 Å². The number of aliphatic hydroxyl groups is 1. The number of ether oxygens (including phenoxy) is 3. The van der Waals surface area contributed by atoms with Gasteiger partial charge >= 0.3 is 19.9 Å². The number of carbonyl (C=O) groups excluding carboxylic acids is 2. The molecule has 258 valence electrons. The van der Waals surface area contributed by atoms with Crippen molar-refractivity contribution in [3.63, 3.8) is 0 Å². The van der Waals surface area contributed by atoms with E-state index >= 15 is 0 Å². The van der Waals surface area contributed by atoms with Gasteiger partial charge < -0.3 is 19.3 Å². The van der Waals surface area contributed by atoms with Crippen LogP contribution >= 0.6 is 7.82 Å². The average molecular weight is 690 g/mol. The highest BCUT2D eigenvalue weighted by Crippen LogP contribution is 2.53.